The lowest BCUT2D eigenvalue weighted by atomic mass is 10.1. The summed E-state index contributed by atoms with van der Waals surface area (Å²) in [6, 6.07) is 4.26. The van der Waals surface area contributed by atoms with E-state index in [4.69, 9.17) is 21.5 Å². The summed E-state index contributed by atoms with van der Waals surface area (Å²) in [5.74, 6) is -5.14. The first-order chi connectivity index (χ1) is 14.7. The highest BCUT2D eigenvalue weighted by Gasteiger charge is 2.46. The van der Waals surface area contributed by atoms with Crippen LogP contribution >= 0.6 is 11.6 Å². The molecule has 1 amide bonds. The number of hydrogen-bond donors (Lipinski definition) is 2. The summed E-state index contributed by atoms with van der Waals surface area (Å²) in [6.07, 6.45) is -7.31. The van der Waals surface area contributed by atoms with E-state index in [1.165, 1.54) is 36.7 Å². The lowest BCUT2D eigenvalue weighted by Crippen LogP contribution is -2.44. The van der Waals surface area contributed by atoms with Gasteiger partial charge in [-0.3, -0.25) is 4.79 Å². The van der Waals surface area contributed by atoms with E-state index in [-0.39, 0.29) is 22.2 Å². The van der Waals surface area contributed by atoms with Crippen molar-refractivity contribution in [3.63, 3.8) is 0 Å². The van der Waals surface area contributed by atoms with Crippen LogP contribution in [0, 0.1) is 5.82 Å². The van der Waals surface area contributed by atoms with Crippen LogP contribution in [0.4, 0.5) is 30.7 Å². The van der Waals surface area contributed by atoms with Crippen LogP contribution in [0.15, 0.2) is 42.7 Å². The Balaban J connectivity index is 0.000000451. The van der Waals surface area contributed by atoms with Gasteiger partial charge in [0.1, 0.15) is 5.97 Å². The van der Waals surface area contributed by atoms with Crippen LogP contribution in [-0.2, 0) is 4.79 Å². The minimum absolute atomic E-state index is 0.135. The van der Waals surface area contributed by atoms with Gasteiger partial charge in [-0.05, 0) is 23.7 Å². The SMILES string of the molecule is O=C(NC(c1cccc[nH+]1)C(F)(F)F)c1[nH]c(Cl)c2c(F)ccc[n+]12.O=C([O-])C(F)(F)F. The highest BCUT2D eigenvalue weighted by Crippen LogP contribution is 2.30. The highest BCUT2D eigenvalue weighted by molar-refractivity contribution is 6.32. The molecule has 3 heterocycles. The van der Waals surface area contributed by atoms with Crippen LogP contribution in [0.25, 0.3) is 5.52 Å². The average Bonchev–Trinajstić information content (AvgIpc) is 3.03. The van der Waals surface area contributed by atoms with Gasteiger partial charge in [-0.1, -0.05) is 6.07 Å². The molecule has 0 spiro atoms. The number of amides is 1. The molecule has 1 atom stereocenters. The maximum absolute atomic E-state index is 13.8. The molecule has 32 heavy (non-hydrogen) atoms. The van der Waals surface area contributed by atoms with Crippen molar-refractivity contribution in [3.8, 4) is 0 Å². The van der Waals surface area contributed by atoms with E-state index in [0.717, 1.165) is 10.5 Å². The molecule has 15 heteroatoms. The molecule has 0 bridgehead atoms. The van der Waals surface area contributed by atoms with E-state index < -0.39 is 36.1 Å². The van der Waals surface area contributed by atoms with E-state index in [2.05, 4.69) is 9.97 Å². The van der Waals surface area contributed by atoms with E-state index in [9.17, 15) is 35.5 Å². The number of aromatic nitrogens is 3. The molecular formula is C17H11ClF7N4O3+. The molecule has 172 valence electrons. The van der Waals surface area contributed by atoms with E-state index >= 15 is 0 Å². The van der Waals surface area contributed by atoms with Crippen molar-refractivity contribution in [1.29, 1.82) is 0 Å². The first-order valence-electron chi connectivity index (χ1n) is 8.23. The average molecular weight is 488 g/mol. The largest absolute Gasteiger partial charge is 0.542 e. The third-order valence-corrected chi connectivity index (χ3v) is 3.99. The van der Waals surface area contributed by atoms with Gasteiger partial charge in [0.15, 0.2) is 12.0 Å². The molecule has 0 aliphatic carbocycles. The second-order valence-electron chi connectivity index (χ2n) is 5.91. The number of H-pyrrole nitrogens is 2. The number of pyridine rings is 2. The normalized spacial score (nSPS) is 12.6. The number of nitrogens with one attached hydrogen (secondary N) is 3. The molecular weight excluding hydrogens is 477 g/mol. The van der Waals surface area contributed by atoms with Gasteiger partial charge in [-0.2, -0.15) is 30.7 Å². The van der Waals surface area contributed by atoms with Crippen LogP contribution in [0.1, 0.15) is 22.4 Å². The monoisotopic (exact) mass is 487 g/mol. The van der Waals surface area contributed by atoms with Crippen molar-refractivity contribution in [2.45, 2.75) is 18.4 Å². The molecule has 3 rings (SSSR count). The number of rotatable bonds is 3. The van der Waals surface area contributed by atoms with Crippen LogP contribution in [0.2, 0.25) is 5.15 Å². The Labute approximate surface area is 178 Å². The zero-order chi connectivity index (χ0) is 24.3. The molecule has 1 unspecified atom stereocenters. The number of carbonyl (C=O) groups excluding carboxylic acids is 2. The third-order valence-electron chi connectivity index (χ3n) is 3.72. The maximum atomic E-state index is 13.8. The van der Waals surface area contributed by atoms with Gasteiger partial charge in [0.25, 0.3) is 0 Å². The fourth-order valence-corrected chi connectivity index (χ4v) is 2.66. The smallest absolute Gasteiger partial charge is 0.430 e. The minimum atomic E-state index is -5.19. The van der Waals surface area contributed by atoms with E-state index in [1.807, 2.05) is 5.32 Å². The minimum Gasteiger partial charge on any atom is -0.542 e. The van der Waals surface area contributed by atoms with Crippen molar-refractivity contribution in [3.05, 3.63) is 65.2 Å². The third kappa shape index (κ3) is 5.84. The summed E-state index contributed by atoms with van der Waals surface area (Å²) in [4.78, 5) is 26.0. The van der Waals surface area contributed by atoms with E-state index in [1.54, 1.807) is 0 Å². The molecule has 0 radical (unpaired) electrons. The predicted molar refractivity (Wildman–Crippen MR) is 89.2 cm³/mol. The fraction of sp³-hybridized carbons (Fsp3) is 0.176. The predicted octanol–water partition coefficient (Wildman–Crippen LogP) is 1.69. The van der Waals surface area contributed by atoms with Gasteiger partial charge in [0, 0.05) is 12.1 Å². The van der Waals surface area contributed by atoms with Crippen molar-refractivity contribution in [2.24, 2.45) is 0 Å². The van der Waals surface area contributed by atoms with E-state index in [0.29, 0.717) is 0 Å². The van der Waals surface area contributed by atoms with Crippen molar-refractivity contribution in [1.82, 2.24) is 10.3 Å². The number of imidazole rings is 1. The number of alkyl halides is 6. The number of carboxylic acid groups (broad SMARTS) is 1. The number of aromatic amines is 2. The summed E-state index contributed by atoms with van der Waals surface area (Å²) in [5.41, 5.74) is -0.384. The number of carbonyl (C=O) groups is 2. The van der Waals surface area contributed by atoms with Gasteiger partial charge in [0.2, 0.25) is 22.4 Å². The molecule has 0 saturated carbocycles. The summed E-state index contributed by atoms with van der Waals surface area (Å²) in [5, 5.41) is 10.5. The second kappa shape index (κ2) is 9.38. The molecule has 0 fully saturated rings. The summed E-state index contributed by atoms with van der Waals surface area (Å²) in [7, 11) is 0. The van der Waals surface area contributed by atoms with Gasteiger partial charge < -0.3 is 15.2 Å². The lowest BCUT2D eigenvalue weighted by molar-refractivity contribution is -0.515. The van der Waals surface area contributed by atoms with Gasteiger partial charge in [-0.25, -0.2) is 14.4 Å². The summed E-state index contributed by atoms with van der Waals surface area (Å²) < 4.78 is 86.4. The molecule has 0 aliphatic heterocycles. The number of fused-ring (bicyclic) bond motifs is 1. The molecule has 3 N–H and O–H groups in total. The number of nitrogens with zero attached hydrogens (tertiary/aromatic N) is 1. The Morgan fingerprint density at radius 3 is 2.25 bits per heavy atom. The van der Waals surface area contributed by atoms with Gasteiger partial charge >= 0.3 is 24.1 Å². The van der Waals surface area contributed by atoms with Crippen LogP contribution in [-0.4, -0.2) is 29.2 Å². The number of aliphatic carboxylic acids is 1. The van der Waals surface area contributed by atoms with Crippen molar-refractivity contribution >= 4 is 29.0 Å². The lowest BCUT2D eigenvalue weighted by Gasteiger charge is -2.16. The van der Waals surface area contributed by atoms with Gasteiger partial charge in [-0.15, -0.1) is 0 Å². The molecule has 0 aromatic carbocycles. The van der Waals surface area contributed by atoms with Crippen LogP contribution in [0.3, 0.4) is 0 Å². The van der Waals surface area contributed by atoms with Crippen LogP contribution in [0.5, 0.6) is 0 Å². The molecule has 3 aromatic rings. The molecule has 0 saturated heterocycles. The maximum Gasteiger partial charge on any atom is 0.430 e. The first kappa shape index (κ1) is 24.8. The Bertz CT molecular complexity index is 1120. The number of carboxylic acids is 1. The standard InChI is InChI=1S/C15H9ClF4N4O.C2HF3O2/c16-12-10-8(17)4-3-7-24(10)13(23-12)14(25)22-11(15(18,19)20)9-5-1-2-6-21-9;3-2(4,5)1(6)7/h1-7,11H,(H,22,25);(H,6,7)/p+1. The van der Waals surface area contributed by atoms with Crippen molar-refractivity contribution < 1.29 is 54.8 Å². The molecule has 3 aromatic heterocycles. The Morgan fingerprint density at radius 1 is 1.12 bits per heavy atom. The molecule has 0 aliphatic rings. The number of halogens is 8. The van der Waals surface area contributed by atoms with Gasteiger partial charge in [0.05, 0.1) is 6.20 Å². The quantitative estimate of drug-likeness (QED) is 0.434. The Morgan fingerprint density at radius 2 is 1.75 bits per heavy atom. The van der Waals surface area contributed by atoms with Crippen LogP contribution < -0.4 is 19.8 Å². The summed E-state index contributed by atoms with van der Waals surface area (Å²) in [6.45, 7) is 0. The van der Waals surface area contributed by atoms with Crippen molar-refractivity contribution in [2.75, 3.05) is 0 Å². The molecule has 7 nitrogen and oxygen atoms in total. The zero-order valence-corrected chi connectivity index (χ0v) is 16.1. The second-order valence-corrected chi connectivity index (χ2v) is 6.29. The Hall–Kier alpha value is -3.42. The topological polar surface area (TPSA) is 103 Å². The number of hydrogen-bond acceptors (Lipinski definition) is 3. The fourth-order valence-electron chi connectivity index (χ4n) is 2.39. The Kier molecular flexibility index (Phi) is 7.28. The highest BCUT2D eigenvalue weighted by atomic mass is 35.5. The first-order valence-corrected chi connectivity index (χ1v) is 8.61. The zero-order valence-electron chi connectivity index (χ0n) is 15.3. The summed E-state index contributed by atoms with van der Waals surface area (Å²) >= 11 is 5.85.